The van der Waals surface area contributed by atoms with E-state index >= 15 is 0 Å². The molecule has 0 unspecified atom stereocenters. The summed E-state index contributed by atoms with van der Waals surface area (Å²) in [4.78, 5) is 0. The minimum atomic E-state index is -1.04. The summed E-state index contributed by atoms with van der Waals surface area (Å²) < 4.78 is 210. The van der Waals surface area contributed by atoms with Gasteiger partial charge >= 0.3 is 0 Å². The van der Waals surface area contributed by atoms with Gasteiger partial charge < -0.3 is 0 Å². The highest BCUT2D eigenvalue weighted by Gasteiger charge is 2.16. The quantitative estimate of drug-likeness (QED) is 0.221. The van der Waals surface area contributed by atoms with Crippen LogP contribution in [0.2, 0.25) is 0 Å². The summed E-state index contributed by atoms with van der Waals surface area (Å²) in [5.41, 5.74) is -4.34. The van der Waals surface area contributed by atoms with Crippen molar-refractivity contribution < 1.29 is 32.9 Å². The summed E-state index contributed by atoms with van der Waals surface area (Å²) in [6.07, 6.45) is 0. The van der Waals surface area contributed by atoms with Gasteiger partial charge in [0.05, 0.1) is 32.9 Å². The molecule has 0 heterocycles. The molecule has 0 aliphatic rings. The Balaban J connectivity index is 1.79. The van der Waals surface area contributed by atoms with Crippen LogP contribution in [0.3, 0.4) is 0 Å². The molecule has 0 heteroatoms. The first-order valence-corrected chi connectivity index (χ1v) is 10.5. The summed E-state index contributed by atoms with van der Waals surface area (Å²) in [5.74, 6) is 0. The molecule has 7 aromatic carbocycles. The van der Waals surface area contributed by atoms with Gasteiger partial charge in [0.1, 0.15) is 0 Å². The molecule has 0 saturated carbocycles. The van der Waals surface area contributed by atoms with E-state index in [2.05, 4.69) is 0 Å². The van der Waals surface area contributed by atoms with Crippen LogP contribution in [0.4, 0.5) is 0 Å². The van der Waals surface area contributed by atoms with Gasteiger partial charge in [-0.2, -0.15) is 0 Å². The third-order valence-corrected chi connectivity index (χ3v) is 5.50. The van der Waals surface area contributed by atoms with Crippen LogP contribution in [0, 0.1) is 0 Å². The second-order valence-electron chi connectivity index (χ2n) is 7.50. The van der Waals surface area contributed by atoms with Crippen LogP contribution in [0.5, 0.6) is 0 Å². The minimum absolute atomic E-state index is 0.507. The predicted molar refractivity (Wildman–Crippen MR) is 155 cm³/mol. The molecule has 0 aliphatic carbocycles. The third kappa shape index (κ3) is 3.39. The lowest BCUT2D eigenvalue weighted by atomic mass is 9.86. The standard InChI is InChI=1S/C36H24/c1-2-11-27(12-3-1)35-31-14-6-8-16-33(31)36(34-17-9-7-15-32(34)35)28-21-18-26(19-22-28)30-23-20-25-10-4-5-13-29(25)24-30/h1-24H/i1D,2D,3D,4D,5D,6D,7D,8D,9D,10D,11D,12D,13D,14D,15D,16D,17D,18D,19D,20D,21D,22D,23D,24D. The van der Waals surface area contributed by atoms with E-state index in [1.807, 2.05) is 0 Å². The van der Waals surface area contributed by atoms with Gasteiger partial charge in [-0.1, -0.05) is 139 Å². The van der Waals surface area contributed by atoms with Crippen LogP contribution < -0.4 is 0 Å². The third-order valence-electron chi connectivity index (χ3n) is 5.50. The molecule has 0 atom stereocenters. The smallest absolute Gasteiger partial charge is 0.0622 e. The van der Waals surface area contributed by atoms with E-state index in [4.69, 9.17) is 27.4 Å². The van der Waals surface area contributed by atoms with Crippen molar-refractivity contribution in [3.63, 3.8) is 0 Å². The maximum Gasteiger partial charge on any atom is 0.0636 e. The van der Waals surface area contributed by atoms with Crippen molar-refractivity contribution >= 4 is 32.3 Å². The molecule has 7 rings (SSSR count). The number of hydrogen-bond acceptors (Lipinski definition) is 0. The first kappa shape index (κ1) is 7.66. The fourth-order valence-electron chi connectivity index (χ4n) is 3.97. The Morgan fingerprint density at radius 2 is 0.722 bits per heavy atom. The van der Waals surface area contributed by atoms with Crippen molar-refractivity contribution in [1.29, 1.82) is 0 Å². The molecule has 0 aliphatic heterocycles. The van der Waals surface area contributed by atoms with Crippen LogP contribution >= 0.6 is 0 Å². The Hall–Kier alpha value is -4.68. The highest BCUT2D eigenvalue weighted by molar-refractivity contribution is 6.21. The Morgan fingerprint density at radius 1 is 0.306 bits per heavy atom. The SMILES string of the molecule is [2H]c1c([2H])c([2H])c(-c2c3c([2H])c([2H])c([2H])c([2H])c3c(-c3c([2H])c([2H])c(-c4c([2H])c([2H])c5c([2H])c([2H])c([2H])c([2H])c5c4[2H])c([2H])c3[2H])c3c([2H])c([2H])c([2H])c([2H])c23)c([2H])c1[2H]. The molecule has 0 radical (unpaired) electrons. The molecule has 0 spiro atoms. The zero-order chi connectivity index (χ0) is 44.8. The largest absolute Gasteiger partial charge is 0.0636 e. The summed E-state index contributed by atoms with van der Waals surface area (Å²) in [5, 5.41) is -3.72. The molecular weight excluding hydrogens is 432 g/mol. The van der Waals surface area contributed by atoms with Gasteiger partial charge in [-0.15, -0.1) is 0 Å². The van der Waals surface area contributed by atoms with Crippen molar-refractivity contribution in [2.45, 2.75) is 0 Å². The van der Waals surface area contributed by atoms with Crippen molar-refractivity contribution in [3.05, 3.63) is 145 Å². The van der Waals surface area contributed by atoms with Crippen molar-refractivity contribution in [2.75, 3.05) is 0 Å². The highest BCUT2D eigenvalue weighted by Crippen LogP contribution is 2.43. The first-order valence-electron chi connectivity index (χ1n) is 22.5. The Bertz CT molecular complexity index is 3050. The summed E-state index contributed by atoms with van der Waals surface area (Å²) in [6, 6.07) is -21.6. The van der Waals surface area contributed by atoms with Gasteiger partial charge in [0.15, 0.2) is 0 Å². The molecule has 7 aromatic rings. The normalized spacial score (nSPS) is 20.7. The van der Waals surface area contributed by atoms with Gasteiger partial charge in [-0.25, -0.2) is 0 Å². The van der Waals surface area contributed by atoms with Crippen LogP contribution in [0.15, 0.2) is 145 Å². The van der Waals surface area contributed by atoms with Crippen LogP contribution in [-0.2, 0) is 0 Å². The summed E-state index contributed by atoms with van der Waals surface area (Å²) in [6.45, 7) is 0. The lowest BCUT2D eigenvalue weighted by molar-refractivity contribution is 1.62. The number of hydrogen-bond donors (Lipinski definition) is 0. The second-order valence-corrected chi connectivity index (χ2v) is 7.50. The van der Waals surface area contributed by atoms with Gasteiger partial charge in [0, 0.05) is 0 Å². The Labute approximate surface area is 244 Å². The van der Waals surface area contributed by atoms with Crippen molar-refractivity contribution in [3.8, 4) is 33.4 Å². The molecule has 0 aromatic heterocycles. The Kier molecular flexibility index (Phi) is 1.81. The van der Waals surface area contributed by atoms with E-state index in [0.717, 1.165) is 0 Å². The zero-order valence-electron chi connectivity index (χ0n) is 42.0. The highest BCUT2D eigenvalue weighted by atomic mass is 14.2. The summed E-state index contributed by atoms with van der Waals surface area (Å²) >= 11 is 0. The van der Waals surface area contributed by atoms with Crippen LogP contribution in [-0.4, -0.2) is 0 Å². The molecule has 0 saturated heterocycles. The van der Waals surface area contributed by atoms with Crippen LogP contribution in [0.1, 0.15) is 32.9 Å². The predicted octanol–water partition coefficient (Wildman–Crippen LogP) is 10.1. The van der Waals surface area contributed by atoms with E-state index in [0.29, 0.717) is 0 Å². The van der Waals surface area contributed by atoms with E-state index in [-0.39, 0.29) is 0 Å². The van der Waals surface area contributed by atoms with E-state index in [1.165, 1.54) is 0 Å². The zero-order valence-corrected chi connectivity index (χ0v) is 18.0. The fraction of sp³-hybridized carbons (Fsp3) is 0. The van der Waals surface area contributed by atoms with E-state index in [1.54, 1.807) is 0 Å². The van der Waals surface area contributed by atoms with E-state index < -0.39 is 211 Å². The lowest BCUT2D eigenvalue weighted by Gasteiger charge is -2.18. The molecule has 36 heavy (non-hydrogen) atoms. The fourth-order valence-corrected chi connectivity index (χ4v) is 3.97. The molecule has 0 nitrogen and oxygen atoms in total. The second kappa shape index (κ2) is 8.52. The van der Waals surface area contributed by atoms with Crippen LogP contribution in [0.25, 0.3) is 65.7 Å². The first-order chi connectivity index (χ1) is 27.9. The topological polar surface area (TPSA) is 0 Å². The Morgan fingerprint density at radius 3 is 1.31 bits per heavy atom. The monoisotopic (exact) mass is 480 g/mol. The maximum absolute atomic E-state index is 9.32. The maximum atomic E-state index is 9.32. The molecule has 0 amide bonds. The minimum Gasteiger partial charge on any atom is -0.0622 e. The molecular formula is C36H24. The van der Waals surface area contributed by atoms with Gasteiger partial charge in [0.25, 0.3) is 0 Å². The average Bonchev–Trinajstić information content (AvgIpc) is 3.21. The lowest BCUT2D eigenvalue weighted by Crippen LogP contribution is -1.90. The summed E-state index contributed by atoms with van der Waals surface area (Å²) in [7, 11) is 0. The molecule has 168 valence electrons. The van der Waals surface area contributed by atoms with Crippen molar-refractivity contribution in [2.24, 2.45) is 0 Å². The van der Waals surface area contributed by atoms with Crippen molar-refractivity contribution in [1.82, 2.24) is 0 Å². The van der Waals surface area contributed by atoms with Gasteiger partial charge in [-0.05, 0) is 71.7 Å². The molecule has 0 bridgehead atoms. The van der Waals surface area contributed by atoms with E-state index in [9.17, 15) is 5.48 Å². The number of benzene rings is 7. The van der Waals surface area contributed by atoms with Gasteiger partial charge in [0.2, 0.25) is 0 Å². The van der Waals surface area contributed by atoms with Gasteiger partial charge in [-0.3, -0.25) is 0 Å². The molecule has 0 fully saturated rings. The number of rotatable bonds is 3. The average molecular weight is 481 g/mol. The number of fused-ring (bicyclic) bond motifs is 3. The molecule has 0 N–H and O–H groups in total.